The van der Waals surface area contributed by atoms with Crippen molar-refractivity contribution < 1.29 is 9.90 Å². The van der Waals surface area contributed by atoms with Crippen LogP contribution in [0.2, 0.25) is 0 Å². The van der Waals surface area contributed by atoms with Crippen LogP contribution in [0.4, 0.5) is 0 Å². The number of aliphatic carboxylic acids is 1. The topological polar surface area (TPSA) is 43.8 Å². The van der Waals surface area contributed by atoms with Crippen LogP contribution < -0.4 is 0 Å². The molecule has 4 nitrogen and oxygen atoms in total. The fraction of sp³-hybridized carbons (Fsp3) is 0.667. The highest BCUT2D eigenvalue weighted by Gasteiger charge is 2.15. The highest BCUT2D eigenvalue weighted by atomic mass is 16.4. The number of allylic oxidation sites excluding steroid dienone is 2. The molecule has 76 valence electrons. The average Bonchev–Trinajstić information content (AvgIpc) is 2.17. The highest BCUT2D eigenvalue weighted by molar-refractivity contribution is 5.62. The van der Waals surface area contributed by atoms with Gasteiger partial charge in [0.25, 0.3) is 5.97 Å². The van der Waals surface area contributed by atoms with Crippen molar-refractivity contribution in [2.75, 3.05) is 20.8 Å². The molecule has 1 N–H and O–H groups in total. The number of carboxylic acid groups (broad SMARTS) is 1. The molecular formula is C9H18N2O2. The normalized spacial score (nSPS) is 15.8. The molecule has 0 aliphatic carbocycles. The van der Waals surface area contributed by atoms with Crippen molar-refractivity contribution in [3.05, 3.63) is 11.4 Å². The average molecular weight is 186 g/mol. The zero-order chi connectivity index (χ0) is 10.6. The molecule has 0 aromatic heterocycles. The van der Waals surface area contributed by atoms with Crippen molar-refractivity contribution in [1.82, 2.24) is 9.80 Å². The molecule has 0 fully saturated rings. The Kier molecular flexibility index (Phi) is 4.31. The third-order valence-electron chi connectivity index (χ3n) is 2.09. The molecule has 0 spiro atoms. The third-order valence-corrected chi connectivity index (χ3v) is 2.09. The summed E-state index contributed by atoms with van der Waals surface area (Å²) in [5, 5.41) is 7.42. The Bertz CT molecular complexity index is 204. The molecule has 1 rings (SSSR count). The molecule has 1 aliphatic rings. The number of hydrogen-bond donors (Lipinski definition) is 1. The summed E-state index contributed by atoms with van der Waals surface area (Å²) in [7, 11) is 4.23. The minimum absolute atomic E-state index is 0.833. The first kappa shape index (κ1) is 11.8. The summed E-state index contributed by atoms with van der Waals surface area (Å²) in [5.41, 5.74) is 2.77. The van der Waals surface area contributed by atoms with E-state index in [9.17, 15) is 0 Å². The lowest BCUT2D eigenvalue weighted by molar-refractivity contribution is -0.134. The molecule has 0 unspecified atom stereocenters. The van der Waals surface area contributed by atoms with Gasteiger partial charge in [-0.25, -0.2) is 0 Å². The summed E-state index contributed by atoms with van der Waals surface area (Å²) < 4.78 is 0. The summed E-state index contributed by atoms with van der Waals surface area (Å²) in [6.07, 6.45) is 0. The molecule has 13 heavy (non-hydrogen) atoms. The number of hydrogen-bond acceptors (Lipinski definition) is 3. The molecule has 0 amide bonds. The molecule has 0 aromatic rings. The monoisotopic (exact) mass is 186 g/mol. The van der Waals surface area contributed by atoms with Crippen molar-refractivity contribution in [3.8, 4) is 0 Å². The molecule has 1 aliphatic heterocycles. The minimum atomic E-state index is -0.833. The van der Waals surface area contributed by atoms with E-state index in [4.69, 9.17) is 9.90 Å². The molecule has 0 radical (unpaired) electrons. The van der Waals surface area contributed by atoms with Gasteiger partial charge < -0.3 is 14.9 Å². The quantitative estimate of drug-likeness (QED) is 0.616. The smallest absolute Gasteiger partial charge is 0.300 e. The van der Waals surface area contributed by atoms with Crippen LogP contribution >= 0.6 is 0 Å². The molecule has 0 bridgehead atoms. The van der Waals surface area contributed by atoms with Crippen molar-refractivity contribution in [3.63, 3.8) is 0 Å². The van der Waals surface area contributed by atoms with E-state index in [0.717, 1.165) is 13.6 Å². The Morgan fingerprint density at radius 1 is 1.23 bits per heavy atom. The maximum atomic E-state index is 9.00. The lowest BCUT2D eigenvalue weighted by Gasteiger charge is -2.14. The second-order valence-corrected chi connectivity index (χ2v) is 3.23. The van der Waals surface area contributed by atoms with Crippen LogP contribution in [0, 0.1) is 0 Å². The van der Waals surface area contributed by atoms with Crippen LogP contribution in [0.15, 0.2) is 11.4 Å². The Morgan fingerprint density at radius 3 is 1.54 bits per heavy atom. The van der Waals surface area contributed by atoms with Crippen LogP contribution in [0.1, 0.15) is 20.8 Å². The van der Waals surface area contributed by atoms with Gasteiger partial charge in [0, 0.05) is 32.4 Å². The van der Waals surface area contributed by atoms with Crippen LogP contribution in [0.5, 0.6) is 0 Å². The second-order valence-electron chi connectivity index (χ2n) is 3.23. The van der Waals surface area contributed by atoms with Gasteiger partial charge in [-0.1, -0.05) is 0 Å². The maximum absolute atomic E-state index is 9.00. The van der Waals surface area contributed by atoms with Gasteiger partial charge in [-0.15, -0.1) is 0 Å². The molecule has 0 saturated carbocycles. The van der Waals surface area contributed by atoms with Crippen molar-refractivity contribution in [2.24, 2.45) is 0 Å². The summed E-state index contributed by atoms with van der Waals surface area (Å²) in [6.45, 7) is 6.43. The molecule has 0 saturated heterocycles. The van der Waals surface area contributed by atoms with Crippen LogP contribution in [0.3, 0.4) is 0 Å². The van der Waals surface area contributed by atoms with Crippen molar-refractivity contribution >= 4 is 5.97 Å². The van der Waals surface area contributed by atoms with Gasteiger partial charge in [0.1, 0.15) is 0 Å². The third kappa shape index (κ3) is 3.83. The van der Waals surface area contributed by atoms with E-state index in [1.165, 1.54) is 11.4 Å². The number of nitrogens with zero attached hydrogens (tertiary/aromatic N) is 2. The molecule has 4 heteroatoms. The van der Waals surface area contributed by atoms with Crippen LogP contribution in [-0.2, 0) is 4.79 Å². The van der Waals surface area contributed by atoms with Crippen molar-refractivity contribution in [1.29, 1.82) is 0 Å². The highest BCUT2D eigenvalue weighted by Crippen LogP contribution is 2.18. The second kappa shape index (κ2) is 4.74. The number of carbonyl (C=O) groups is 1. The largest absolute Gasteiger partial charge is 0.481 e. The summed E-state index contributed by atoms with van der Waals surface area (Å²) >= 11 is 0. The Labute approximate surface area is 79.4 Å². The predicted molar refractivity (Wildman–Crippen MR) is 52.1 cm³/mol. The standard InChI is InChI=1S/C7H14N2.C2H4O2/c1-6-7(2)9(4)5-8(6)3;1-2(3)4/h5H2,1-4H3;1H3,(H,3,4). The zero-order valence-electron chi connectivity index (χ0n) is 8.96. The summed E-state index contributed by atoms with van der Waals surface area (Å²) in [5.74, 6) is -0.833. The Balaban J connectivity index is 0.000000310. The van der Waals surface area contributed by atoms with Gasteiger partial charge in [-0.2, -0.15) is 0 Å². The van der Waals surface area contributed by atoms with E-state index >= 15 is 0 Å². The van der Waals surface area contributed by atoms with Crippen molar-refractivity contribution in [2.45, 2.75) is 20.8 Å². The number of carboxylic acids is 1. The van der Waals surface area contributed by atoms with Gasteiger partial charge in [0.05, 0.1) is 6.67 Å². The van der Waals surface area contributed by atoms with E-state index in [1.807, 2.05) is 0 Å². The van der Waals surface area contributed by atoms with Crippen LogP contribution in [0.25, 0.3) is 0 Å². The first-order valence-corrected chi connectivity index (χ1v) is 4.15. The zero-order valence-corrected chi connectivity index (χ0v) is 8.96. The minimum Gasteiger partial charge on any atom is -0.481 e. The predicted octanol–water partition coefficient (Wildman–Crippen LogP) is 1.16. The maximum Gasteiger partial charge on any atom is 0.300 e. The fourth-order valence-electron chi connectivity index (χ4n) is 1.08. The van der Waals surface area contributed by atoms with Gasteiger partial charge in [-0.3, -0.25) is 4.79 Å². The summed E-state index contributed by atoms with van der Waals surface area (Å²) in [4.78, 5) is 13.5. The lowest BCUT2D eigenvalue weighted by atomic mass is 10.4. The van der Waals surface area contributed by atoms with Gasteiger partial charge in [0.2, 0.25) is 0 Å². The lowest BCUT2D eigenvalue weighted by Crippen LogP contribution is -2.20. The Hall–Kier alpha value is -1.19. The van der Waals surface area contributed by atoms with Gasteiger partial charge in [0.15, 0.2) is 0 Å². The SMILES string of the molecule is CC(=O)O.CC1=C(C)N(C)CN1C. The van der Waals surface area contributed by atoms with E-state index in [2.05, 4.69) is 37.7 Å². The first-order valence-electron chi connectivity index (χ1n) is 4.15. The van der Waals surface area contributed by atoms with E-state index in [-0.39, 0.29) is 0 Å². The number of rotatable bonds is 0. The molecular weight excluding hydrogens is 168 g/mol. The summed E-state index contributed by atoms with van der Waals surface area (Å²) in [6, 6.07) is 0. The molecule has 0 aromatic carbocycles. The van der Waals surface area contributed by atoms with Crippen LogP contribution in [-0.4, -0.2) is 41.6 Å². The Morgan fingerprint density at radius 2 is 1.46 bits per heavy atom. The fourth-order valence-corrected chi connectivity index (χ4v) is 1.08. The molecule has 1 heterocycles. The van der Waals surface area contributed by atoms with Gasteiger partial charge in [-0.05, 0) is 13.8 Å². The molecule has 0 atom stereocenters. The van der Waals surface area contributed by atoms with E-state index in [1.54, 1.807) is 0 Å². The first-order chi connectivity index (χ1) is 5.86. The van der Waals surface area contributed by atoms with Gasteiger partial charge >= 0.3 is 0 Å². The van der Waals surface area contributed by atoms with E-state index in [0.29, 0.717) is 0 Å². The van der Waals surface area contributed by atoms with E-state index < -0.39 is 5.97 Å².